The lowest BCUT2D eigenvalue weighted by Gasteiger charge is -2.13. The summed E-state index contributed by atoms with van der Waals surface area (Å²) in [7, 11) is 0. The maximum absolute atomic E-state index is 12.4. The molecular weight excluding hydrogens is 348 g/mol. The number of rotatable bonds is 4. The molecule has 0 bridgehead atoms. The van der Waals surface area contributed by atoms with Crippen molar-refractivity contribution in [2.75, 3.05) is 6.61 Å². The van der Waals surface area contributed by atoms with E-state index in [4.69, 9.17) is 9.15 Å². The maximum atomic E-state index is 12.4. The first-order chi connectivity index (χ1) is 13.0. The molecule has 7 nitrogen and oxygen atoms in total. The molecule has 0 saturated carbocycles. The van der Waals surface area contributed by atoms with E-state index in [2.05, 4.69) is 31.0 Å². The Kier molecular flexibility index (Phi) is 4.59. The Morgan fingerprint density at radius 1 is 1.30 bits per heavy atom. The van der Waals surface area contributed by atoms with E-state index in [1.54, 1.807) is 6.20 Å². The van der Waals surface area contributed by atoms with Crippen molar-refractivity contribution >= 4 is 11.1 Å². The number of furan rings is 1. The largest absolute Gasteiger partial charge is 0.437 e. The summed E-state index contributed by atoms with van der Waals surface area (Å²) < 4.78 is 12.7. The fourth-order valence-corrected chi connectivity index (χ4v) is 3.36. The second kappa shape index (κ2) is 6.92. The van der Waals surface area contributed by atoms with Crippen LogP contribution < -0.4 is 5.69 Å². The van der Waals surface area contributed by atoms with Crippen LogP contribution in [-0.4, -0.2) is 38.6 Å². The summed E-state index contributed by atoms with van der Waals surface area (Å²) in [5.74, 6) is 1.08. The van der Waals surface area contributed by atoms with Gasteiger partial charge in [0.15, 0.2) is 0 Å². The maximum Gasteiger partial charge on any atom is 0.353 e. The zero-order valence-electron chi connectivity index (χ0n) is 15.2. The molecule has 3 aromatic rings. The zero-order valence-corrected chi connectivity index (χ0v) is 15.2. The van der Waals surface area contributed by atoms with Gasteiger partial charge in [-0.05, 0) is 17.5 Å². The summed E-state index contributed by atoms with van der Waals surface area (Å²) in [6.07, 6.45) is -0.332. The average Bonchev–Trinajstić information content (AvgIpc) is 3.23. The summed E-state index contributed by atoms with van der Waals surface area (Å²) in [6.45, 7) is 3.97. The number of hydrogen-bond acceptors (Lipinski definition) is 6. The molecule has 142 valence electrons. The third-order valence-electron chi connectivity index (χ3n) is 4.99. The number of benzene rings is 1. The van der Waals surface area contributed by atoms with Crippen LogP contribution in [0.15, 0.2) is 45.7 Å². The summed E-state index contributed by atoms with van der Waals surface area (Å²) in [5, 5.41) is 19.8. The Hall–Kier alpha value is -2.48. The predicted molar refractivity (Wildman–Crippen MR) is 99.4 cm³/mol. The molecule has 0 radical (unpaired) electrons. The van der Waals surface area contributed by atoms with Crippen LogP contribution in [0.3, 0.4) is 0 Å². The van der Waals surface area contributed by atoms with Gasteiger partial charge in [-0.3, -0.25) is 4.57 Å². The molecule has 1 aromatic carbocycles. The highest BCUT2D eigenvalue weighted by molar-refractivity contribution is 5.79. The van der Waals surface area contributed by atoms with Gasteiger partial charge in [0.05, 0.1) is 18.1 Å². The van der Waals surface area contributed by atoms with Gasteiger partial charge in [0, 0.05) is 18.2 Å². The number of nitrogens with zero attached hydrogens (tertiary/aromatic N) is 2. The van der Waals surface area contributed by atoms with Crippen molar-refractivity contribution in [3.63, 3.8) is 0 Å². The van der Waals surface area contributed by atoms with Crippen molar-refractivity contribution in [3.05, 3.63) is 52.6 Å². The number of aliphatic hydroxyl groups is 2. The van der Waals surface area contributed by atoms with Gasteiger partial charge in [-0.2, -0.15) is 4.98 Å². The number of hydrogen-bond donors (Lipinski definition) is 2. The Bertz CT molecular complexity index is 1010. The normalized spacial score (nSPS) is 22.8. The van der Waals surface area contributed by atoms with Gasteiger partial charge >= 0.3 is 5.69 Å². The van der Waals surface area contributed by atoms with Gasteiger partial charge in [-0.15, -0.1) is 0 Å². The lowest BCUT2D eigenvalue weighted by Crippen LogP contribution is -2.27. The number of aromatic nitrogens is 2. The molecule has 27 heavy (non-hydrogen) atoms. The number of aliphatic hydroxyl groups excluding tert-OH is 2. The van der Waals surface area contributed by atoms with Crippen LogP contribution >= 0.6 is 0 Å². The minimum atomic E-state index is -0.818. The van der Waals surface area contributed by atoms with Gasteiger partial charge in [0.2, 0.25) is 5.71 Å². The van der Waals surface area contributed by atoms with Gasteiger partial charge in [0.25, 0.3) is 0 Å². The van der Waals surface area contributed by atoms with Crippen molar-refractivity contribution in [2.24, 2.45) is 0 Å². The van der Waals surface area contributed by atoms with Crippen LogP contribution in [0.4, 0.5) is 0 Å². The SMILES string of the molecule is CC(C)c1ccc(-c2cc3cn([C@H]4C[C@H](O)[C@@H](CO)O4)c(=O)nc3o2)cc1. The van der Waals surface area contributed by atoms with E-state index in [0.717, 1.165) is 5.56 Å². The molecular formula is C20H22N2O5. The van der Waals surface area contributed by atoms with E-state index < -0.39 is 24.1 Å². The van der Waals surface area contributed by atoms with E-state index in [0.29, 0.717) is 17.1 Å². The summed E-state index contributed by atoms with van der Waals surface area (Å²) in [4.78, 5) is 16.4. The molecule has 1 aliphatic rings. The van der Waals surface area contributed by atoms with E-state index in [1.807, 2.05) is 18.2 Å². The molecule has 2 N–H and O–H groups in total. The number of ether oxygens (including phenoxy) is 1. The summed E-state index contributed by atoms with van der Waals surface area (Å²) in [6, 6.07) is 9.92. The van der Waals surface area contributed by atoms with Crippen molar-refractivity contribution in [2.45, 2.75) is 44.6 Å². The Morgan fingerprint density at radius 2 is 2.04 bits per heavy atom. The highest BCUT2D eigenvalue weighted by Gasteiger charge is 2.35. The first-order valence-corrected chi connectivity index (χ1v) is 9.03. The Morgan fingerprint density at radius 3 is 2.67 bits per heavy atom. The van der Waals surface area contributed by atoms with Crippen LogP contribution in [0.5, 0.6) is 0 Å². The van der Waals surface area contributed by atoms with Crippen LogP contribution in [0.2, 0.25) is 0 Å². The van der Waals surface area contributed by atoms with Crippen molar-refractivity contribution in [1.82, 2.24) is 9.55 Å². The fraction of sp³-hybridized carbons (Fsp3) is 0.400. The molecule has 0 aliphatic carbocycles. The predicted octanol–water partition coefficient (Wildman–Crippen LogP) is 2.42. The highest BCUT2D eigenvalue weighted by Crippen LogP contribution is 2.30. The minimum Gasteiger partial charge on any atom is -0.437 e. The second-order valence-electron chi connectivity index (χ2n) is 7.19. The van der Waals surface area contributed by atoms with Gasteiger partial charge in [-0.25, -0.2) is 4.79 Å². The number of fused-ring (bicyclic) bond motifs is 1. The van der Waals surface area contributed by atoms with Crippen molar-refractivity contribution in [1.29, 1.82) is 0 Å². The molecule has 1 saturated heterocycles. The average molecular weight is 370 g/mol. The molecule has 0 spiro atoms. The molecule has 1 aliphatic heterocycles. The van der Waals surface area contributed by atoms with Crippen molar-refractivity contribution in [3.8, 4) is 11.3 Å². The third-order valence-corrected chi connectivity index (χ3v) is 4.99. The van der Waals surface area contributed by atoms with E-state index in [-0.39, 0.29) is 18.7 Å². The smallest absolute Gasteiger partial charge is 0.353 e. The van der Waals surface area contributed by atoms with Crippen LogP contribution in [0.25, 0.3) is 22.4 Å². The summed E-state index contributed by atoms with van der Waals surface area (Å²) >= 11 is 0. The van der Waals surface area contributed by atoms with E-state index in [9.17, 15) is 15.0 Å². The zero-order chi connectivity index (χ0) is 19.1. The minimum absolute atomic E-state index is 0.222. The molecule has 7 heteroatoms. The van der Waals surface area contributed by atoms with Gasteiger partial charge < -0.3 is 19.4 Å². The molecule has 0 amide bonds. The second-order valence-corrected chi connectivity index (χ2v) is 7.19. The highest BCUT2D eigenvalue weighted by atomic mass is 16.5. The lowest BCUT2D eigenvalue weighted by atomic mass is 10.0. The summed E-state index contributed by atoms with van der Waals surface area (Å²) in [5.41, 5.74) is 1.89. The molecule has 1 fully saturated rings. The molecule has 2 aromatic heterocycles. The van der Waals surface area contributed by atoms with Crippen LogP contribution in [0.1, 0.15) is 38.0 Å². The van der Waals surface area contributed by atoms with E-state index in [1.165, 1.54) is 10.1 Å². The Labute approximate surface area is 155 Å². The molecule has 3 atom stereocenters. The lowest BCUT2D eigenvalue weighted by molar-refractivity contribution is -0.0457. The van der Waals surface area contributed by atoms with Crippen molar-refractivity contribution < 1.29 is 19.4 Å². The first kappa shape index (κ1) is 17.9. The fourth-order valence-electron chi connectivity index (χ4n) is 3.36. The first-order valence-electron chi connectivity index (χ1n) is 9.03. The molecule has 0 unspecified atom stereocenters. The van der Waals surface area contributed by atoms with Gasteiger partial charge in [0.1, 0.15) is 18.1 Å². The molecule has 4 rings (SSSR count). The quantitative estimate of drug-likeness (QED) is 0.732. The molecule has 3 heterocycles. The third kappa shape index (κ3) is 3.29. The van der Waals surface area contributed by atoms with Crippen LogP contribution in [-0.2, 0) is 4.74 Å². The Balaban J connectivity index is 1.68. The van der Waals surface area contributed by atoms with E-state index >= 15 is 0 Å². The van der Waals surface area contributed by atoms with Crippen LogP contribution in [0, 0.1) is 0 Å². The standard InChI is InChI=1S/C20H22N2O5/c1-11(2)12-3-5-13(6-4-12)16-7-14-9-22(20(25)21-19(14)27-16)18-8-15(24)17(10-23)26-18/h3-7,9,11,15,17-18,23-24H,8,10H2,1-2H3/t15-,17+,18+/m0/s1. The van der Waals surface area contributed by atoms with Gasteiger partial charge in [-0.1, -0.05) is 38.1 Å². The monoisotopic (exact) mass is 370 g/mol. The topological polar surface area (TPSA) is 97.7 Å².